The zero-order chi connectivity index (χ0) is 13.4. The van der Waals surface area contributed by atoms with Gasteiger partial charge in [0.15, 0.2) is 0 Å². The molecule has 1 rings (SSSR count). The molecular weight excluding hydrogens is 234 g/mol. The van der Waals surface area contributed by atoms with Crippen molar-refractivity contribution in [1.82, 2.24) is 5.32 Å². The van der Waals surface area contributed by atoms with Gasteiger partial charge in [-0.2, -0.15) is 0 Å². The first-order valence-electron chi connectivity index (χ1n) is 5.83. The van der Waals surface area contributed by atoms with Crippen LogP contribution in [0.1, 0.15) is 18.4 Å². The van der Waals surface area contributed by atoms with Crippen molar-refractivity contribution in [3.8, 4) is 0 Å². The SMILES string of the molecule is NCCCCNC(=O)Cc1cccc([N+](=O)[O-])c1. The van der Waals surface area contributed by atoms with Crippen LogP contribution in [0.3, 0.4) is 0 Å². The third kappa shape index (κ3) is 4.92. The van der Waals surface area contributed by atoms with Crippen molar-refractivity contribution in [3.05, 3.63) is 39.9 Å². The van der Waals surface area contributed by atoms with Gasteiger partial charge in [-0.25, -0.2) is 0 Å². The molecule has 0 atom stereocenters. The maximum absolute atomic E-state index is 11.5. The number of nitrogens with zero attached hydrogens (tertiary/aromatic N) is 1. The van der Waals surface area contributed by atoms with Gasteiger partial charge in [-0.3, -0.25) is 14.9 Å². The Balaban J connectivity index is 2.44. The molecule has 6 nitrogen and oxygen atoms in total. The number of nitro benzene ring substituents is 1. The van der Waals surface area contributed by atoms with Gasteiger partial charge < -0.3 is 11.1 Å². The molecule has 1 aromatic carbocycles. The Labute approximate surface area is 105 Å². The fraction of sp³-hybridized carbons (Fsp3) is 0.417. The zero-order valence-electron chi connectivity index (χ0n) is 10.1. The Bertz CT molecular complexity index is 421. The molecule has 0 unspecified atom stereocenters. The first-order chi connectivity index (χ1) is 8.63. The Hall–Kier alpha value is -1.95. The molecule has 0 aliphatic heterocycles. The number of benzene rings is 1. The maximum atomic E-state index is 11.5. The average Bonchev–Trinajstić information content (AvgIpc) is 2.35. The average molecular weight is 251 g/mol. The molecule has 0 bridgehead atoms. The molecule has 1 amide bonds. The van der Waals surface area contributed by atoms with Crippen LogP contribution in [0, 0.1) is 10.1 Å². The molecule has 3 N–H and O–H groups in total. The number of nitro groups is 1. The topological polar surface area (TPSA) is 98.3 Å². The minimum absolute atomic E-state index is 0.00318. The molecule has 0 spiro atoms. The van der Waals surface area contributed by atoms with E-state index >= 15 is 0 Å². The molecule has 0 aliphatic rings. The summed E-state index contributed by atoms with van der Waals surface area (Å²) in [6.07, 6.45) is 1.87. The number of hydrogen-bond acceptors (Lipinski definition) is 4. The van der Waals surface area contributed by atoms with Gasteiger partial charge in [-0.15, -0.1) is 0 Å². The first-order valence-corrected chi connectivity index (χ1v) is 5.83. The number of nitrogens with two attached hydrogens (primary N) is 1. The second-order valence-electron chi connectivity index (χ2n) is 3.95. The second kappa shape index (κ2) is 7.39. The highest BCUT2D eigenvalue weighted by Gasteiger charge is 2.08. The Morgan fingerprint density at radius 3 is 2.83 bits per heavy atom. The summed E-state index contributed by atoms with van der Waals surface area (Å²) in [7, 11) is 0. The molecular formula is C12H17N3O3. The lowest BCUT2D eigenvalue weighted by atomic mass is 10.1. The minimum atomic E-state index is -0.470. The molecule has 0 radical (unpaired) electrons. The lowest BCUT2D eigenvalue weighted by Gasteiger charge is -2.04. The van der Waals surface area contributed by atoms with Gasteiger partial charge in [0.2, 0.25) is 5.91 Å². The summed E-state index contributed by atoms with van der Waals surface area (Å²) in [5.74, 6) is -0.132. The molecule has 1 aromatic rings. The van der Waals surface area contributed by atoms with E-state index in [9.17, 15) is 14.9 Å². The summed E-state index contributed by atoms with van der Waals surface area (Å²) in [5.41, 5.74) is 5.98. The zero-order valence-corrected chi connectivity index (χ0v) is 10.1. The van der Waals surface area contributed by atoms with Crippen LogP contribution >= 0.6 is 0 Å². The molecule has 0 aliphatic carbocycles. The van der Waals surface area contributed by atoms with Gasteiger partial charge >= 0.3 is 0 Å². The van der Waals surface area contributed by atoms with E-state index in [1.807, 2.05) is 0 Å². The normalized spacial score (nSPS) is 10.1. The summed E-state index contributed by atoms with van der Waals surface area (Å²) in [6, 6.07) is 6.10. The predicted molar refractivity (Wildman–Crippen MR) is 68.1 cm³/mol. The van der Waals surface area contributed by atoms with Gasteiger partial charge in [-0.05, 0) is 24.9 Å². The van der Waals surface area contributed by atoms with Crippen LogP contribution in [0.4, 0.5) is 5.69 Å². The molecule has 0 fully saturated rings. The Kier molecular flexibility index (Phi) is 5.79. The van der Waals surface area contributed by atoms with E-state index in [1.165, 1.54) is 12.1 Å². The highest BCUT2D eigenvalue weighted by atomic mass is 16.6. The molecule has 0 heterocycles. The smallest absolute Gasteiger partial charge is 0.269 e. The molecule has 6 heteroatoms. The van der Waals surface area contributed by atoms with Crippen molar-refractivity contribution < 1.29 is 9.72 Å². The molecule has 18 heavy (non-hydrogen) atoms. The monoisotopic (exact) mass is 251 g/mol. The second-order valence-corrected chi connectivity index (χ2v) is 3.95. The fourth-order valence-corrected chi connectivity index (χ4v) is 1.53. The molecule has 98 valence electrons. The Morgan fingerprint density at radius 1 is 1.39 bits per heavy atom. The number of rotatable bonds is 7. The number of carbonyl (C=O) groups is 1. The van der Waals surface area contributed by atoms with Gasteiger partial charge in [0.1, 0.15) is 0 Å². The molecule has 0 aromatic heterocycles. The summed E-state index contributed by atoms with van der Waals surface area (Å²) < 4.78 is 0. The third-order valence-corrected chi connectivity index (χ3v) is 2.44. The molecule has 0 saturated carbocycles. The van der Waals surface area contributed by atoms with Crippen molar-refractivity contribution in [3.63, 3.8) is 0 Å². The van der Waals surface area contributed by atoms with Crippen molar-refractivity contribution >= 4 is 11.6 Å². The lowest BCUT2D eigenvalue weighted by Crippen LogP contribution is -2.26. The van der Waals surface area contributed by atoms with E-state index in [0.29, 0.717) is 18.7 Å². The third-order valence-electron chi connectivity index (χ3n) is 2.44. The maximum Gasteiger partial charge on any atom is 0.269 e. The van der Waals surface area contributed by atoms with Gasteiger partial charge in [0, 0.05) is 18.7 Å². The largest absolute Gasteiger partial charge is 0.356 e. The van der Waals surface area contributed by atoms with E-state index in [2.05, 4.69) is 5.32 Å². The lowest BCUT2D eigenvalue weighted by molar-refractivity contribution is -0.384. The number of carbonyl (C=O) groups excluding carboxylic acids is 1. The Morgan fingerprint density at radius 2 is 2.17 bits per heavy atom. The van der Waals surface area contributed by atoms with Gasteiger partial charge in [-0.1, -0.05) is 12.1 Å². The molecule has 0 saturated heterocycles. The number of non-ortho nitro benzene ring substituents is 1. The highest BCUT2D eigenvalue weighted by molar-refractivity contribution is 5.78. The quantitative estimate of drug-likeness (QED) is 0.429. The van der Waals surface area contributed by atoms with Crippen LogP contribution in [0.2, 0.25) is 0 Å². The van der Waals surface area contributed by atoms with Crippen LogP contribution in [0.25, 0.3) is 0 Å². The van der Waals surface area contributed by atoms with E-state index in [1.54, 1.807) is 12.1 Å². The summed E-state index contributed by atoms with van der Waals surface area (Å²) in [4.78, 5) is 21.7. The van der Waals surface area contributed by atoms with E-state index in [-0.39, 0.29) is 18.0 Å². The number of hydrogen-bond donors (Lipinski definition) is 2. The number of nitrogens with one attached hydrogen (secondary N) is 1. The van der Waals surface area contributed by atoms with Crippen LogP contribution in [0.5, 0.6) is 0 Å². The van der Waals surface area contributed by atoms with Crippen LogP contribution < -0.4 is 11.1 Å². The fourth-order valence-electron chi connectivity index (χ4n) is 1.53. The van der Waals surface area contributed by atoms with Crippen molar-refractivity contribution in [2.45, 2.75) is 19.3 Å². The van der Waals surface area contributed by atoms with Crippen LogP contribution in [-0.2, 0) is 11.2 Å². The van der Waals surface area contributed by atoms with Gasteiger partial charge in [0.05, 0.1) is 11.3 Å². The number of unbranched alkanes of at least 4 members (excludes halogenated alkanes) is 1. The first kappa shape index (κ1) is 14.1. The van der Waals surface area contributed by atoms with E-state index < -0.39 is 4.92 Å². The standard InChI is InChI=1S/C12H17N3O3/c13-6-1-2-7-14-12(16)9-10-4-3-5-11(8-10)15(17)18/h3-5,8H,1-2,6-7,9,13H2,(H,14,16). The van der Waals surface area contributed by atoms with E-state index in [4.69, 9.17) is 5.73 Å². The summed E-state index contributed by atoms with van der Waals surface area (Å²) in [6.45, 7) is 1.20. The van der Waals surface area contributed by atoms with Crippen molar-refractivity contribution in [2.24, 2.45) is 5.73 Å². The van der Waals surface area contributed by atoms with Crippen LogP contribution in [-0.4, -0.2) is 23.9 Å². The van der Waals surface area contributed by atoms with Crippen molar-refractivity contribution in [2.75, 3.05) is 13.1 Å². The summed E-state index contributed by atoms with van der Waals surface area (Å²) in [5, 5.41) is 13.3. The predicted octanol–water partition coefficient (Wildman–Crippen LogP) is 0.992. The van der Waals surface area contributed by atoms with E-state index in [0.717, 1.165) is 12.8 Å². The minimum Gasteiger partial charge on any atom is -0.356 e. The van der Waals surface area contributed by atoms with Gasteiger partial charge in [0.25, 0.3) is 5.69 Å². The van der Waals surface area contributed by atoms with Crippen molar-refractivity contribution in [1.29, 1.82) is 0 Å². The summed E-state index contributed by atoms with van der Waals surface area (Å²) >= 11 is 0. The highest BCUT2D eigenvalue weighted by Crippen LogP contribution is 2.13. The number of amides is 1. The van der Waals surface area contributed by atoms with Crippen LogP contribution in [0.15, 0.2) is 24.3 Å².